The van der Waals surface area contributed by atoms with E-state index in [9.17, 15) is 14.7 Å². The molecule has 0 aliphatic rings. The van der Waals surface area contributed by atoms with Crippen molar-refractivity contribution in [2.24, 2.45) is 0 Å². The number of aromatic amines is 1. The molecule has 8 heteroatoms. The Kier molecular flexibility index (Phi) is 4.45. The molecule has 0 bridgehead atoms. The lowest BCUT2D eigenvalue weighted by atomic mass is 10.1. The molecule has 2 heterocycles. The quantitative estimate of drug-likeness (QED) is 0.725. The summed E-state index contributed by atoms with van der Waals surface area (Å²) in [5, 5.41) is 9.55. The first-order valence-electron chi connectivity index (χ1n) is 7.41. The van der Waals surface area contributed by atoms with Gasteiger partial charge in [0.15, 0.2) is 11.5 Å². The highest BCUT2D eigenvalue weighted by Crippen LogP contribution is 2.29. The van der Waals surface area contributed by atoms with Crippen LogP contribution < -0.4 is 15.0 Å². The second-order valence-electron chi connectivity index (χ2n) is 5.42. The van der Waals surface area contributed by atoms with Gasteiger partial charge in [0.1, 0.15) is 15.5 Å². The van der Waals surface area contributed by atoms with Crippen molar-refractivity contribution in [2.45, 2.75) is 13.3 Å². The molecule has 130 valence electrons. The van der Waals surface area contributed by atoms with Crippen molar-refractivity contribution in [1.29, 1.82) is 0 Å². The first kappa shape index (κ1) is 17.0. The predicted molar refractivity (Wildman–Crippen MR) is 94.3 cm³/mol. The van der Waals surface area contributed by atoms with Crippen molar-refractivity contribution in [2.75, 3.05) is 14.2 Å². The lowest BCUT2D eigenvalue weighted by molar-refractivity contribution is 0.0701. The fourth-order valence-corrected chi connectivity index (χ4v) is 3.70. The van der Waals surface area contributed by atoms with Crippen molar-refractivity contribution >= 4 is 27.5 Å². The van der Waals surface area contributed by atoms with Crippen LogP contribution in [-0.4, -0.2) is 35.3 Å². The van der Waals surface area contributed by atoms with Crippen LogP contribution in [0.3, 0.4) is 0 Å². The number of aromatic nitrogens is 2. The molecular weight excluding hydrogens is 344 g/mol. The van der Waals surface area contributed by atoms with Gasteiger partial charge in [0.2, 0.25) is 0 Å². The maximum absolute atomic E-state index is 12.3. The first-order valence-corrected chi connectivity index (χ1v) is 8.22. The van der Waals surface area contributed by atoms with Crippen LogP contribution in [0.25, 0.3) is 10.2 Å². The fraction of sp³-hybridized carbons (Fsp3) is 0.235. The number of fused-ring (bicyclic) bond motifs is 1. The topological polar surface area (TPSA) is 102 Å². The zero-order valence-electron chi connectivity index (χ0n) is 13.9. The third kappa shape index (κ3) is 3.08. The van der Waals surface area contributed by atoms with Gasteiger partial charge in [-0.2, -0.15) is 0 Å². The molecule has 0 aliphatic heterocycles. The van der Waals surface area contributed by atoms with E-state index in [0.717, 1.165) is 16.9 Å². The average molecular weight is 360 g/mol. The van der Waals surface area contributed by atoms with Crippen LogP contribution in [0.4, 0.5) is 0 Å². The molecule has 25 heavy (non-hydrogen) atoms. The van der Waals surface area contributed by atoms with Gasteiger partial charge in [0.05, 0.1) is 19.6 Å². The van der Waals surface area contributed by atoms with Crippen molar-refractivity contribution in [3.63, 3.8) is 0 Å². The molecule has 0 saturated heterocycles. The molecule has 2 aromatic heterocycles. The summed E-state index contributed by atoms with van der Waals surface area (Å²) in [6.45, 7) is 1.62. The number of benzene rings is 1. The number of aromatic carboxylic acids is 1. The van der Waals surface area contributed by atoms with E-state index < -0.39 is 5.97 Å². The van der Waals surface area contributed by atoms with E-state index in [-0.39, 0.29) is 10.4 Å². The largest absolute Gasteiger partial charge is 0.493 e. The van der Waals surface area contributed by atoms with Gasteiger partial charge in [0.25, 0.3) is 5.56 Å². The first-order chi connectivity index (χ1) is 11.9. The highest BCUT2D eigenvalue weighted by Gasteiger charge is 2.18. The lowest BCUT2D eigenvalue weighted by Crippen LogP contribution is -2.12. The van der Waals surface area contributed by atoms with Gasteiger partial charge in [-0.3, -0.25) is 4.79 Å². The van der Waals surface area contributed by atoms with Crippen molar-refractivity contribution in [3.05, 3.63) is 50.4 Å². The summed E-state index contributed by atoms with van der Waals surface area (Å²) in [5.74, 6) is 0.607. The summed E-state index contributed by atoms with van der Waals surface area (Å²) in [5.41, 5.74) is 0.993. The Morgan fingerprint density at radius 3 is 2.64 bits per heavy atom. The predicted octanol–water partition coefficient (Wildman–Crippen LogP) is 2.60. The van der Waals surface area contributed by atoms with Gasteiger partial charge in [-0.25, -0.2) is 9.78 Å². The van der Waals surface area contributed by atoms with E-state index in [0.29, 0.717) is 39.5 Å². The standard InChI is InChI=1S/C17H16N2O5S/c1-8-13-15(20)18-12(19-16(13)25-14(8)17(21)22)7-9-4-5-10(23-2)11(6-9)24-3/h4-6H,7H2,1-3H3,(H,21,22)(H,18,19,20). The Hall–Kier alpha value is -2.87. The third-order valence-corrected chi connectivity index (χ3v) is 5.04. The fourth-order valence-electron chi connectivity index (χ4n) is 2.66. The minimum absolute atomic E-state index is 0.135. The Morgan fingerprint density at radius 1 is 1.28 bits per heavy atom. The van der Waals surface area contributed by atoms with Crippen LogP contribution in [0, 0.1) is 6.92 Å². The number of hydrogen-bond acceptors (Lipinski definition) is 6. The van der Waals surface area contributed by atoms with Crippen LogP contribution in [0.2, 0.25) is 0 Å². The summed E-state index contributed by atoms with van der Waals surface area (Å²) in [7, 11) is 3.11. The Bertz CT molecular complexity index is 1020. The molecule has 7 nitrogen and oxygen atoms in total. The summed E-state index contributed by atoms with van der Waals surface area (Å²) < 4.78 is 10.5. The van der Waals surface area contributed by atoms with E-state index >= 15 is 0 Å². The molecule has 2 N–H and O–H groups in total. The molecule has 0 atom stereocenters. The van der Waals surface area contributed by atoms with Gasteiger partial charge in [-0.05, 0) is 30.2 Å². The highest BCUT2D eigenvalue weighted by atomic mass is 32.1. The maximum atomic E-state index is 12.3. The van der Waals surface area contributed by atoms with Gasteiger partial charge >= 0.3 is 5.97 Å². The average Bonchev–Trinajstić information content (AvgIpc) is 2.92. The van der Waals surface area contributed by atoms with E-state index in [2.05, 4.69) is 9.97 Å². The minimum Gasteiger partial charge on any atom is -0.493 e. The van der Waals surface area contributed by atoms with Crippen LogP contribution in [0.1, 0.15) is 26.6 Å². The second-order valence-corrected chi connectivity index (χ2v) is 6.42. The van der Waals surface area contributed by atoms with E-state index in [1.165, 1.54) is 0 Å². The molecule has 0 amide bonds. The van der Waals surface area contributed by atoms with Crippen molar-refractivity contribution in [1.82, 2.24) is 9.97 Å². The van der Waals surface area contributed by atoms with Gasteiger partial charge in [-0.15, -0.1) is 11.3 Å². The Labute approximate surface area is 146 Å². The molecular formula is C17H16N2O5S. The lowest BCUT2D eigenvalue weighted by Gasteiger charge is -2.09. The summed E-state index contributed by atoms with van der Waals surface area (Å²) in [6.07, 6.45) is 0.380. The molecule has 3 aromatic rings. The molecule has 0 fully saturated rings. The summed E-state index contributed by atoms with van der Waals surface area (Å²) >= 11 is 1.01. The number of rotatable bonds is 5. The minimum atomic E-state index is -1.05. The van der Waals surface area contributed by atoms with Crippen LogP contribution in [0.15, 0.2) is 23.0 Å². The molecule has 0 aliphatic carbocycles. The Balaban J connectivity index is 2.03. The molecule has 0 unspecified atom stereocenters. The summed E-state index contributed by atoms with van der Waals surface area (Å²) in [4.78, 5) is 31.3. The smallest absolute Gasteiger partial charge is 0.346 e. The zero-order chi connectivity index (χ0) is 18.1. The normalized spacial score (nSPS) is 10.8. The monoisotopic (exact) mass is 360 g/mol. The number of nitrogens with zero attached hydrogens (tertiary/aromatic N) is 1. The van der Waals surface area contributed by atoms with E-state index in [1.807, 2.05) is 12.1 Å². The molecule has 0 saturated carbocycles. The number of H-pyrrole nitrogens is 1. The molecule has 0 spiro atoms. The van der Waals surface area contributed by atoms with Crippen LogP contribution >= 0.6 is 11.3 Å². The maximum Gasteiger partial charge on any atom is 0.346 e. The van der Waals surface area contributed by atoms with Crippen LogP contribution in [0.5, 0.6) is 11.5 Å². The second kappa shape index (κ2) is 6.56. The van der Waals surface area contributed by atoms with E-state index in [4.69, 9.17) is 9.47 Å². The van der Waals surface area contributed by atoms with Crippen molar-refractivity contribution < 1.29 is 19.4 Å². The number of hydrogen-bond donors (Lipinski definition) is 2. The van der Waals surface area contributed by atoms with Gasteiger partial charge in [-0.1, -0.05) is 6.07 Å². The van der Waals surface area contributed by atoms with Gasteiger partial charge in [0, 0.05) is 6.42 Å². The molecule has 3 rings (SSSR count). The van der Waals surface area contributed by atoms with E-state index in [1.54, 1.807) is 27.2 Å². The number of carboxylic acids is 1. The Morgan fingerprint density at radius 2 is 2.00 bits per heavy atom. The summed E-state index contributed by atoms with van der Waals surface area (Å²) in [6, 6.07) is 5.45. The van der Waals surface area contributed by atoms with Crippen molar-refractivity contribution in [3.8, 4) is 11.5 Å². The number of aryl methyl sites for hydroxylation is 1. The third-order valence-electron chi connectivity index (χ3n) is 3.86. The van der Waals surface area contributed by atoms with Crippen LogP contribution in [-0.2, 0) is 6.42 Å². The highest BCUT2D eigenvalue weighted by molar-refractivity contribution is 7.20. The number of methoxy groups -OCH3 is 2. The van der Waals surface area contributed by atoms with Gasteiger partial charge < -0.3 is 19.6 Å². The number of nitrogens with one attached hydrogen (secondary N) is 1. The zero-order valence-corrected chi connectivity index (χ0v) is 14.7. The SMILES string of the molecule is COc1ccc(Cc2nc3sc(C(=O)O)c(C)c3c(=O)[nH]2)cc1OC. The number of carbonyl (C=O) groups is 1. The molecule has 1 aromatic carbocycles. The number of ether oxygens (including phenoxy) is 2. The molecule has 0 radical (unpaired) electrons. The number of carboxylic acid groups (broad SMARTS) is 1. The number of thiophene rings is 1.